The first-order valence-electron chi connectivity index (χ1n) is 7.34. The van der Waals surface area contributed by atoms with Gasteiger partial charge in [0.1, 0.15) is 5.75 Å². The summed E-state index contributed by atoms with van der Waals surface area (Å²) in [6, 6.07) is 7.71. The Kier molecular flexibility index (Phi) is 4.80. The summed E-state index contributed by atoms with van der Waals surface area (Å²) in [6.07, 6.45) is 1.87. The molecule has 0 unspecified atom stereocenters. The number of thioether (sulfide) groups is 1. The maximum atomic E-state index is 12.1. The minimum absolute atomic E-state index is 0.173. The van der Waals surface area contributed by atoms with Gasteiger partial charge in [0.25, 0.3) is 5.91 Å². The Hall–Kier alpha value is -1.79. The number of carbonyl (C=O) groups excluding carboxylic acids is 1. The minimum atomic E-state index is -0.173. The van der Waals surface area contributed by atoms with Gasteiger partial charge in [-0.15, -0.1) is 0 Å². The molecule has 6 heteroatoms. The van der Waals surface area contributed by atoms with Crippen molar-refractivity contribution < 1.29 is 14.3 Å². The molecule has 0 aliphatic carbocycles. The number of rotatable bonds is 3. The van der Waals surface area contributed by atoms with Crippen molar-refractivity contribution in [3.8, 4) is 5.75 Å². The lowest BCUT2D eigenvalue weighted by Crippen LogP contribution is -2.38. The predicted octanol–water partition coefficient (Wildman–Crippen LogP) is 2.39. The number of carbonyl (C=O) groups is 1. The van der Waals surface area contributed by atoms with Crippen LogP contribution in [-0.2, 0) is 9.53 Å². The van der Waals surface area contributed by atoms with Gasteiger partial charge in [0.15, 0.2) is 5.17 Å². The number of hydrogen-bond donors (Lipinski definition) is 0. The second-order valence-electron chi connectivity index (χ2n) is 4.92. The van der Waals surface area contributed by atoms with E-state index < -0.39 is 0 Å². The van der Waals surface area contributed by atoms with Gasteiger partial charge in [-0.05, 0) is 42.5 Å². The summed E-state index contributed by atoms with van der Waals surface area (Å²) in [7, 11) is 0. The van der Waals surface area contributed by atoms with Crippen molar-refractivity contribution in [3.05, 3.63) is 34.7 Å². The summed E-state index contributed by atoms with van der Waals surface area (Å²) >= 11 is 1.43. The molecule has 0 atom stereocenters. The molecular weight excluding hydrogens is 300 g/mol. The van der Waals surface area contributed by atoms with E-state index in [1.165, 1.54) is 11.8 Å². The Bertz CT molecular complexity index is 622. The van der Waals surface area contributed by atoms with Crippen molar-refractivity contribution in [3.63, 3.8) is 0 Å². The van der Waals surface area contributed by atoms with E-state index in [1.54, 1.807) is 0 Å². The first kappa shape index (κ1) is 15.1. The summed E-state index contributed by atoms with van der Waals surface area (Å²) in [5, 5.41) is 0.778. The van der Waals surface area contributed by atoms with E-state index >= 15 is 0 Å². The minimum Gasteiger partial charge on any atom is -0.494 e. The number of nitrogens with zero attached hydrogens (tertiary/aromatic N) is 2. The fourth-order valence-electron chi connectivity index (χ4n) is 2.30. The molecule has 0 radical (unpaired) electrons. The Morgan fingerprint density at radius 1 is 1.41 bits per heavy atom. The second kappa shape index (κ2) is 6.98. The highest BCUT2D eigenvalue weighted by atomic mass is 32.2. The third-order valence-electron chi connectivity index (χ3n) is 3.36. The topological polar surface area (TPSA) is 51.1 Å². The third-order valence-corrected chi connectivity index (χ3v) is 4.40. The average Bonchev–Trinajstić information content (AvgIpc) is 2.90. The van der Waals surface area contributed by atoms with E-state index in [-0.39, 0.29) is 5.91 Å². The van der Waals surface area contributed by atoms with Gasteiger partial charge >= 0.3 is 0 Å². The molecule has 22 heavy (non-hydrogen) atoms. The van der Waals surface area contributed by atoms with Gasteiger partial charge in [0, 0.05) is 13.1 Å². The number of amides is 1. The van der Waals surface area contributed by atoms with E-state index in [2.05, 4.69) is 9.89 Å². The molecule has 0 bridgehead atoms. The molecule has 3 rings (SSSR count). The molecule has 1 aromatic rings. The van der Waals surface area contributed by atoms with Crippen LogP contribution in [-0.4, -0.2) is 48.9 Å². The number of morpholine rings is 1. The first-order valence-corrected chi connectivity index (χ1v) is 8.16. The van der Waals surface area contributed by atoms with E-state index in [4.69, 9.17) is 9.47 Å². The lowest BCUT2D eigenvalue weighted by Gasteiger charge is -2.27. The van der Waals surface area contributed by atoms with E-state index in [0.717, 1.165) is 29.6 Å². The maximum Gasteiger partial charge on any atom is 0.286 e. The van der Waals surface area contributed by atoms with Gasteiger partial charge < -0.3 is 14.4 Å². The zero-order chi connectivity index (χ0) is 15.4. The quantitative estimate of drug-likeness (QED) is 0.801. The Balaban J connectivity index is 1.73. The maximum absolute atomic E-state index is 12.1. The molecule has 1 saturated heterocycles. The largest absolute Gasteiger partial charge is 0.494 e. The zero-order valence-corrected chi connectivity index (χ0v) is 13.3. The molecule has 0 saturated carbocycles. The predicted molar refractivity (Wildman–Crippen MR) is 88.0 cm³/mol. The first-order chi connectivity index (χ1) is 10.8. The fourth-order valence-corrected chi connectivity index (χ4v) is 3.26. The van der Waals surface area contributed by atoms with Crippen molar-refractivity contribution in [2.45, 2.75) is 6.92 Å². The SMILES string of the molecule is CCOc1cccc(/C=C2\SC(N3CCOCC3)=NC2=O)c1. The summed E-state index contributed by atoms with van der Waals surface area (Å²) in [6.45, 7) is 5.51. The van der Waals surface area contributed by atoms with Crippen LogP contribution in [0.4, 0.5) is 0 Å². The normalized spacial score (nSPS) is 20.4. The van der Waals surface area contributed by atoms with Gasteiger partial charge in [-0.25, -0.2) is 0 Å². The molecular formula is C16H18N2O3S. The number of amidine groups is 1. The van der Waals surface area contributed by atoms with Crippen LogP contribution >= 0.6 is 11.8 Å². The van der Waals surface area contributed by atoms with Gasteiger partial charge in [-0.3, -0.25) is 4.79 Å². The molecule has 2 heterocycles. The molecule has 2 aliphatic heterocycles. The van der Waals surface area contributed by atoms with Crippen molar-refractivity contribution in [2.75, 3.05) is 32.9 Å². The molecule has 0 aromatic heterocycles. The van der Waals surface area contributed by atoms with Crippen molar-refractivity contribution >= 4 is 28.9 Å². The molecule has 1 aromatic carbocycles. The lowest BCUT2D eigenvalue weighted by atomic mass is 10.2. The summed E-state index contributed by atoms with van der Waals surface area (Å²) in [5.74, 6) is 0.634. The molecule has 1 amide bonds. The van der Waals surface area contributed by atoms with Crippen molar-refractivity contribution in [1.82, 2.24) is 4.90 Å². The van der Waals surface area contributed by atoms with Crippen LogP contribution in [0.25, 0.3) is 6.08 Å². The Labute approximate surface area is 134 Å². The zero-order valence-electron chi connectivity index (χ0n) is 12.4. The Morgan fingerprint density at radius 3 is 3.00 bits per heavy atom. The molecule has 116 valence electrons. The Morgan fingerprint density at radius 2 is 2.23 bits per heavy atom. The molecule has 2 aliphatic rings. The van der Waals surface area contributed by atoms with Crippen LogP contribution in [0.2, 0.25) is 0 Å². The summed E-state index contributed by atoms with van der Waals surface area (Å²) in [5.41, 5.74) is 0.945. The highest BCUT2D eigenvalue weighted by molar-refractivity contribution is 8.18. The molecule has 1 fully saturated rings. The number of ether oxygens (including phenoxy) is 2. The smallest absolute Gasteiger partial charge is 0.286 e. The molecule has 0 spiro atoms. The second-order valence-corrected chi connectivity index (χ2v) is 5.92. The van der Waals surface area contributed by atoms with Gasteiger partial charge in [0.05, 0.1) is 24.7 Å². The van der Waals surface area contributed by atoms with Gasteiger partial charge in [-0.1, -0.05) is 12.1 Å². The van der Waals surface area contributed by atoms with E-state index in [1.807, 2.05) is 37.3 Å². The average molecular weight is 318 g/mol. The lowest BCUT2D eigenvalue weighted by molar-refractivity contribution is -0.113. The standard InChI is InChI=1S/C16H18N2O3S/c1-2-21-13-5-3-4-12(10-13)11-14-15(19)17-16(22-14)18-6-8-20-9-7-18/h3-5,10-11H,2,6-9H2,1H3/b14-11-. The summed E-state index contributed by atoms with van der Waals surface area (Å²) in [4.78, 5) is 19.0. The van der Waals surface area contributed by atoms with Gasteiger partial charge in [-0.2, -0.15) is 4.99 Å². The van der Waals surface area contributed by atoms with Crippen LogP contribution in [0, 0.1) is 0 Å². The highest BCUT2D eigenvalue weighted by Crippen LogP contribution is 2.31. The number of benzene rings is 1. The van der Waals surface area contributed by atoms with Crippen LogP contribution in [0.1, 0.15) is 12.5 Å². The highest BCUT2D eigenvalue weighted by Gasteiger charge is 2.27. The van der Waals surface area contributed by atoms with E-state index in [0.29, 0.717) is 24.7 Å². The summed E-state index contributed by atoms with van der Waals surface area (Å²) < 4.78 is 10.8. The van der Waals surface area contributed by atoms with Crippen LogP contribution in [0.5, 0.6) is 5.75 Å². The van der Waals surface area contributed by atoms with Crippen LogP contribution in [0.15, 0.2) is 34.2 Å². The van der Waals surface area contributed by atoms with E-state index in [9.17, 15) is 4.79 Å². The van der Waals surface area contributed by atoms with Crippen molar-refractivity contribution in [1.29, 1.82) is 0 Å². The van der Waals surface area contributed by atoms with Crippen LogP contribution < -0.4 is 4.74 Å². The van der Waals surface area contributed by atoms with Gasteiger partial charge in [0.2, 0.25) is 0 Å². The monoisotopic (exact) mass is 318 g/mol. The molecule has 5 nitrogen and oxygen atoms in total. The van der Waals surface area contributed by atoms with Crippen LogP contribution in [0.3, 0.4) is 0 Å². The number of hydrogen-bond acceptors (Lipinski definition) is 5. The van der Waals surface area contributed by atoms with Crippen molar-refractivity contribution in [2.24, 2.45) is 4.99 Å². The number of aliphatic imine (C=N–C) groups is 1. The molecule has 0 N–H and O–H groups in total. The fraction of sp³-hybridized carbons (Fsp3) is 0.375. The third kappa shape index (κ3) is 3.51.